The van der Waals surface area contributed by atoms with Crippen LogP contribution in [0.15, 0.2) is 0 Å². The number of hydrogen-bond donors (Lipinski definition) is 0. The van der Waals surface area contributed by atoms with Crippen LogP contribution in [0.5, 0.6) is 0 Å². The second-order valence-electron chi connectivity index (χ2n) is 3.15. The zero-order valence-corrected chi connectivity index (χ0v) is 7.67. The summed E-state index contributed by atoms with van der Waals surface area (Å²) >= 11 is 0. The van der Waals surface area contributed by atoms with E-state index in [-0.39, 0.29) is 6.29 Å². The monoisotopic (exact) mass is 158 g/mol. The van der Waals surface area contributed by atoms with Gasteiger partial charge in [0.1, 0.15) is 0 Å². The maximum Gasteiger partial charge on any atom is 0.157 e. The van der Waals surface area contributed by atoms with Gasteiger partial charge in [-0.25, -0.2) is 0 Å². The highest BCUT2D eigenvalue weighted by Crippen LogP contribution is 2.30. The van der Waals surface area contributed by atoms with Crippen LogP contribution in [0.4, 0.5) is 0 Å². The van der Waals surface area contributed by atoms with Gasteiger partial charge in [-0.1, -0.05) is 20.3 Å². The molecule has 1 fully saturated rings. The molecule has 3 atom stereocenters. The van der Waals surface area contributed by atoms with Gasteiger partial charge >= 0.3 is 0 Å². The van der Waals surface area contributed by atoms with Gasteiger partial charge < -0.3 is 9.47 Å². The fraction of sp³-hybridized carbons (Fsp3) is 1.00. The summed E-state index contributed by atoms with van der Waals surface area (Å²) in [5.41, 5.74) is 0. The van der Waals surface area contributed by atoms with E-state index in [1.165, 1.54) is 6.42 Å². The second kappa shape index (κ2) is 4.07. The summed E-state index contributed by atoms with van der Waals surface area (Å²) in [6, 6.07) is 0. The van der Waals surface area contributed by atoms with Crippen LogP contribution in [0, 0.1) is 5.92 Å². The van der Waals surface area contributed by atoms with E-state index < -0.39 is 0 Å². The van der Waals surface area contributed by atoms with Gasteiger partial charge in [-0.05, 0) is 12.3 Å². The van der Waals surface area contributed by atoms with Crippen molar-refractivity contribution in [2.45, 2.75) is 45.5 Å². The molecule has 0 aliphatic carbocycles. The molecule has 0 aromatic carbocycles. The number of methoxy groups -OCH3 is 1. The van der Waals surface area contributed by atoms with Crippen LogP contribution < -0.4 is 0 Å². The van der Waals surface area contributed by atoms with Crippen LogP contribution in [0.1, 0.15) is 33.1 Å². The first-order chi connectivity index (χ1) is 5.31. The van der Waals surface area contributed by atoms with Gasteiger partial charge in [-0.2, -0.15) is 0 Å². The standard InChI is InChI=1S/C9H18O2/c1-4-7-6-9(10-3)11-8(7)5-2/h7-9H,4-6H2,1-3H3. The number of hydrogen-bond acceptors (Lipinski definition) is 2. The molecule has 2 heteroatoms. The highest BCUT2D eigenvalue weighted by Gasteiger charge is 2.32. The summed E-state index contributed by atoms with van der Waals surface area (Å²) in [5.74, 6) is 0.713. The lowest BCUT2D eigenvalue weighted by Crippen LogP contribution is -2.14. The molecule has 1 aliphatic rings. The molecule has 0 N–H and O–H groups in total. The molecule has 1 rings (SSSR count). The van der Waals surface area contributed by atoms with Crippen LogP contribution in [-0.2, 0) is 9.47 Å². The predicted octanol–water partition coefficient (Wildman–Crippen LogP) is 2.18. The van der Waals surface area contributed by atoms with Crippen LogP contribution in [0.25, 0.3) is 0 Å². The van der Waals surface area contributed by atoms with Crippen molar-refractivity contribution in [1.82, 2.24) is 0 Å². The van der Waals surface area contributed by atoms with Crippen molar-refractivity contribution in [1.29, 1.82) is 0 Å². The largest absolute Gasteiger partial charge is 0.356 e. The van der Waals surface area contributed by atoms with Crippen molar-refractivity contribution >= 4 is 0 Å². The Hall–Kier alpha value is -0.0800. The zero-order valence-electron chi connectivity index (χ0n) is 7.67. The maximum absolute atomic E-state index is 5.64. The lowest BCUT2D eigenvalue weighted by molar-refractivity contribution is -0.116. The van der Waals surface area contributed by atoms with E-state index in [0.717, 1.165) is 12.8 Å². The average molecular weight is 158 g/mol. The quantitative estimate of drug-likeness (QED) is 0.626. The fourth-order valence-electron chi connectivity index (χ4n) is 1.77. The van der Waals surface area contributed by atoms with Gasteiger partial charge in [0.2, 0.25) is 0 Å². The molecule has 1 aliphatic heterocycles. The molecule has 0 bridgehead atoms. The highest BCUT2D eigenvalue weighted by atomic mass is 16.7. The predicted molar refractivity (Wildman–Crippen MR) is 44.4 cm³/mol. The van der Waals surface area contributed by atoms with Crippen molar-refractivity contribution in [3.05, 3.63) is 0 Å². The third-order valence-electron chi connectivity index (χ3n) is 2.54. The van der Waals surface area contributed by atoms with Crippen molar-refractivity contribution in [3.63, 3.8) is 0 Å². The molecule has 11 heavy (non-hydrogen) atoms. The summed E-state index contributed by atoms with van der Waals surface area (Å²) in [6.45, 7) is 4.39. The molecular weight excluding hydrogens is 140 g/mol. The second-order valence-corrected chi connectivity index (χ2v) is 3.15. The van der Waals surface area contributed by atoms with Crippen molar-refractivity contribution in [3.8, 4) is 0 Å². The molecule has 0 radical (unpaired) electrons. The summed E-state index contributed by atoms with van der Waals surface area (Å²) in [5, 5.41) is 0. The number of rotatable bonds is 3. The molecule has 0 saturated carbocycles. The molecule has 3 unspecified atom stereocenters. The van der Waals surface area contributed by atoms with Gasteiger partial charge in [0.15, 0.2) is 6.29 Å². The van der Waals surface area contributed by atoms with Gasteiger partial charge in [0.25, 0.3) is 0 Å². The SMILES string of the molecule is CCC1CC(OC)OC1CC. The van der Waals surface area contributed by atoms with E-state index >= 15 is 0 Å². The van der Waals surface area contributed by atoms with Gasteiger partial charge in [-0.3, -0.25) is 0 Å². The number of ether oxygens (including phenoxy) is 2. The van der Waals surface area contributed by atoms with Crippen molar-refractivity contribution < 1.29 is 9.47 Å². The molecule has 1 heterocycles. The normalized spacial score (nSPS) is 37.9. The molecule has 1 saturated heterocycles. The van der Waals surface area contributed by atoms with Crippen LogP contribution in [-0.4, -0.2) is 19.5 Å². The molecule has 0 aromatic heterocycles. The topological polar surface area (TPSA) is 18.5 Å². The summed E-state index contributed by atoms with van der Waals surface area (Å²) in [6.07, 6.45) is 3.89. The van der Waals surface area contributed by atoms with Crippen LogP contribution >= 0.6 is 0 Å². The minimum Gasteiger partial charge on any atom is -0.356 e. The first kappa shape index (κ1) is 9.01. The molecular formula is C9H18O2. The first-order valence-electron chi connectivity index (χ1n) is 4.50. The Morgan fingerprint density at radius 2 is 2.09 bits per heavy atom. The molecule has 0 aromatic rings. The molecule has 2 nitrogen and oxygen atoms in total. The highest BCUT2D eigenvalue weighted by molar-refractivity contribution is 4.76. The molecule has 66 valence electrons. The Balaban J connectivity index is 2.41. The van der Waals surface area contributed by atoms with Crippen molar-refractivity contribution in [2.75, 3.05) is 7.11 Å². The van der Waals surface area contributed by atoms with Crippen molar-refractivity contribution in [2.24, 2.45) is 5.92 Å². The summed E-state index contributed by atoms with van der Waals surface area (Å²) in [4.78, 5) is 0. The Bertz CT molecular complexity index is 102. The lowest BCUT2D eigenvalue weighted by Gasteiger charge is -2.13. The van der Waals surface area contributed by atoms with Gasteiger partial charge in [0.05, 0.1) is 6.10 Å². The first-order valence-corrected chi connectivity index (χ1v) is 4.50. The lowest BCUT2D eigenvalue weighted by atomic mass is 9.97. The van der Waals surface area contributed by atoms with E-state index in [1.54, 1.807) is 7.11 Å². The minimum absolute atomic E-state index is 0.0601. The average Bonchev–Trinajstić information content (AvgIpc) is 2.46. The smallest absolute Gasteiger partial charge is 0.157 e. The van der Waals surface area contributed by atoms with Gasteiger partial charge in [0, 0.05) is 13.5 Å². The Morgan fingerprint density at radius 3 is 2.45 bits per heavy atom. The summed E-state index contributed by atoms with van der Waals surface area (Å²) < 4.78 is 10.8. The van der Waals surface area contributed by atoms with Gasteiger partial charge in [-0.15, -0.1) is 0 Å². The van der Waals surface area contributed by atoms with Crippen LogP contribution in [0.3, 0.4) is 0 Å². The Labute approximate surface area is 68.9 Å². The van der Waals surface area contributed by atoms with E-state index in [0.29, 0.717) is 12.0 Å². The molecule has 0 amide bonds. The third kappa shape index (κ3) is 1.94. The Kier molecular flexibility index (Phi) is 3.34. The third-order valence-corrected chi connectivity index (χ3v) is 2.54. The zero-order chi connectivity index (χ0) is 8.27. The Morgan fingerprint density at radius 1 is 1.36 bits per heavy atom. The van der Waals surface area contributed by atoms with E-state index in [9.17, 15) is 0 Å². The minimum atomic E-state index is 0.0601. The van der Waals surface area contributed by atoms with E-state index in [1.807, 2.05) is 0 Å². The van der Waals surface area contributed by atoms with E-state index in [2.05, 4.69) is 13.8 Å². The summed E-state index contributed by atoms with van der Waals surface area (Å²) in [7, 11) is 1.72. The van der Waals surface area contributed by atoms with E-state index in [4.69, 9.17) is 9.47 Å². The van der Waals surface area contributed by atoms with Crippen LogP contribution in [0.2, 0.25) is 0 Å². The molecule has 0 spiro atoms. The fourth-order valence-corrected chi connectivity index (χ4v) is 1.77. The maximum atomic E-state index is 5.64.